The van der Waals surface area contributed by atoms with E-state index in [2.05, 4.69) is 5.32 Å². The summed E-state index contributed by atoms with van der Waals surface area (Å²) in [5.41, 5.74) is -0.288. The van der Waals surface area contributed by atoms with E-state index < -0.39 is 17.6 Å². The number of ketones is 1. The van der Waals surface area contributed by atoms with Gasteiger partial charge < -0.3 is 5.32 Å². The molecular formula is C14H16F3NO2. The number of carbonyl (C=O) groups is 2. The maximum Gasteiger partial charge on any atom is 0.416 e. The first-order valence-electron chi connectivity index (χ1n) is 6.15. The predicted molar refractivity (Wildman–Crippen MR) is 68.0 cm³/mol. The van der Waals surface area contributed by atoms with Crippen molar-refractivity contribution in [2.45, 2.75) is 26.4 Å². The summed E-state index contributed by atoms with van der Waals surface area (Å²) in [6.07, 6.45) is -4.44. The van der Waals surface area contributed by atoms with Crippen molar-refractivity contribution in [2.24, 2.45) is 5.92 Å². The van der Waals surface area contributed by atoms with Gasteiger partial charge in [0.15, 0.2) is 5.78 Å². The Morgan fingerprint density at radius 3 is 2.15 bits per heavy atom. The van der Waals surface area contributed by atoms with Gasteiger partial charge in [-0.2, -0.15) is 13.2 Å². The van der Waals surface area contributed by atoms with Crippen LogP contribution in [0.4, 0.5) is 13.2 Å². The van der Waals surface area contributed by atoms with Crippen molar-refractivity contribution >= 4 is 11.7 Å². The molecule has 0 unspecified atom stereocenters. The molecule has 0 aliphatic heterocycles. The van der Waals surface area contributed by atoms with E-state index in [0.717, 1.165) is 12.1 Å². The van der Waals surface area contributed by atoms with E-state index in [1.807, 2.05) is 0 Å². The van der Waals surface area contributed by atoms with Gasteiger partial charge in [-0.15, -0.1) is 0 Å². The first-order chi connectivity index (χ1) is 9.20. The van der Waals surface area contributed by atoms with E-state index >= 15 is 0 Å². The van der Waals surface area contributed by atoms with Gasteiger partial charge in [0.1, 0.15) is 0 Å². The molecule has 0 saturated carbocycles. The Hall–Kier alpha value is -1.85. The molecule has 0 fully saturated rings. The van der Waals surface area contributed by atoms with Gasteiger partial charge in [-0.05, 0) is 17.7 Å². The van der Waals surface area contributed by atoms with Crippen molar-refractivity contribution < 1.29 is 22.8 Å². The number of Topliss-reactive ketones (excluding diaryl/α,β-unsaturated/α-hetero) is 1. The molecule has 0 saturated heterocycles. The van der Waals surface area contributed by atoms with Crippen molar-refractivity contribution in [3.63, 3.8) is 0 Å². The number of amides is 1. The first kappa shape index (κ1) is 16.2. The highest BCUT2D eigenvalue weighted by Crippen LogP contribution is 2.29. The van der Waals surface area contributed by atoms with Gasteiger partial charge in [0.05, 0.1) is 18.5 Å². The fraction of sp³-hybridized carbons (Fsp3) is 0.429. The van der Waals surface area contributed by atoms with Crippen LogP contribution in [-0.4, -0.2) is 18.2 Å². The molecule has 1 aromatic rings. The van der Waals surface area contributed by atoms with Gasteiger partial charge in [-0.1, -0.05) is 26.0 Å². The van der Waals surface area contributed by atoms with Crippen molar-refractivity contribution in [2.75, 3.05) is 6.54 Å². The van der Waals surface area contributed by atoms with Crippen LogP contribution in [0.1, 0.15) is 25.0 Å². The summed E-state index contributed by atoms with van der Waals surface area (Å²) in [7, 11) is 0. The minimum Gasteiger partial charge on any atom is -0.349 e. The van der Waals surface area contributed by atoms with Crippen molar-refractivity contribution in [1.29, 1.82) is 0 Å². The van der Waals surface area contributed by atoms with E-state index in [9.17, 15) is 22.8 Å². The molecule has 0 heterocycles. The highest BCUT2D eigenvalue weighted by molar-refractivity contribution is 5.87. The van der Waals surface area contributed by atoms with Crippen LogP contribution < -0.4 is 5.32 Å². The average Bonchev–Trinajstić information content (AvgIpc) is 2.35. The molecule has 3 nitrogen and oxygen atoms in total. The molecule has 20 heavy (non-hydrogen) atoms. The van der Waals surface area contributed by atoms with Crippen LogP contribution in [0.3, 0.4) is 0 Å². The third-order valence-electron chi connectivity index (χ3n) is 2.75. The topological polar surface area (TPSA) is 46.2 Å². The van der Waals surface area contributed by atoms with Gasteiger partial charge >= 0.3 is 6.18 Å². The second kappa shape index (κ2) is 6.54. The van der Waals surface area contributed by atoms with Crippen LogP contribution in [0.5, 0.6) is 0 Å². The Balaban J connectivity index is 2.53. The summed E-state index contributed by atoms with van der Waals surface area (Å²) in [4.78, 5) is 22.9. The predicted octanol–water partition coefficient (Wildman–Crippen LogP) is 2.59. The number of hydrogen-bond donors (Lipinski definition) is 1. The SMILES string of the molecule is CC(C)C(=O)CNC(=O)Cc1ccc(C(F)(F)F)cc1. The maximum atomic E-state index is 12.4. The highest BCUT2D eigenvalue weighted by Gasteiger charge is 2.29. The van der Waals surface area contributed by atoms with Crippen molar-refractivity contribution in [1.82, 2.24) is 5.32 Å². The molecule has 1 aromatic carbocycles. The minimum absolute atomic E-state index is 0.0521. The highest BCUT2D eigenvalue weighted by atomic mass is 19.4. The lowest BCUT2D eigenvalue weighted by Gasteiger charge is -2.08. The zero-order chi connectivity index (χ0) is 15.3. The molecule has 110 valence electrons. The number of carbonyl (C=O) groups excluding carboxylic acids is 2. The second-order valence-corrected chi connectivity index (χ2v) is 4.77. The standard InChI is InChI=1S/C14H16F3NO2/c1-9(2)12(19)8-18-13(20)7-10-3-5-11(6-4-10)14(15,16)17/h3-6,9H,7-8H2,1-2H3,(H,18,20). The third kappa shape index (κ3) is 5.03. The molecular weight excluding hydrogens is 271 g/mol. The number of hydrogen-bond acceptors (Lipinski definition) is 2. The molecule has 1 N–H and O–H groups in total. The average molecular weight is 287 g/mol. The maximum absolute atomic E-state index is 12.4. The van der Waals surface area contributed by atoms with Gasteiger partial charge in [0.2, 0.25) is 5.91 Å². The minimum atomic E-state index is -4.38. The zero-order valence-electron chi connectivity index (χ0n) is 11.3. The summed E-state index contributed by atoms with van der Waals surface area (Å²) in [5.74, 6) is -0.647. The Kier molecular flexibility index (Phi) is 5.30. The van der Waals surface area contributed by atoms with E-state index in [4.69, 9.17) is 0 Å². The quantitative estimate of drug-likeness (QED) is 0.904. The second-order valence-electron chi connectivity index (χ2n) is 4.77. The fourth-order valence-corrected chi connectivity index (χ4v) is 1.45. The van der Waals surface area contributed by atoms with Crippen LogP contribution in [0, 0.1) is 5.92 Å². The van der Waals surface area contributed by atoms with Gasteiger partial charge in [0, 0.05) is 5.92 Å². The largest absolute Gasteiger partial charge is 0.416 e. The zero-order valence-corrected chi connectivity index (χ0v) is 11.3. The molecule has 1 rings (SSSR count). The molecule has 0 aromatic heterocycles. The van der Waals surface area contributed by atoms with Crippen LogP contribution in [0.25, 0.3) is 0 Å². The van der Waals surface area contributed by atoms with Crippen LogP contribution in [-0.2, 0) is 22.2 Å². The van der Waals surface area contributed by atoms with Gasteiger partial charge in [-0.25, -0.2) is 0 Å². The lowest BCUT2D eigenvalue weighted by Crippen LogP contribution is -2.32. The van der Waals surface area contributed by atoms with Gasteiger partial charge in [-0.3, -0.25) is 9.59 Å². The molecule has 0 radical (unpaired) electrons. The lowest BCUT2D eigenvalue weighted by molar-refractivity contribution is -0.137. The first-order valence-corrected chi connectivity index (χ1v) is 6.15. The summed E-state index contributed by atoms with van der Waals surface area (Å²) in [6, 6.07) is 4.38. The van der Waals surface area contributed by atoms with Crippen LogP contribution in [0.2, 0.25) is 0 Å². The summed E-state index contributed by atoms with van der Waals surface area (Å²) in [6.45, 7) is 3.39. The number of benzene rings is 1. The normalized spacial score (nSPS) is 11.5. The molecule has 1 amide bonds. The summed E-state index contributed by atoms with van der Waals surface area (Å²) in [5, 5.41) is 2.45. The lowest BCUT2D eigenvalue weighted by atomic mass is 10.1. The van der Waals surface area contributed by atoms with E-state index in [1.54, 1.807) is 13.8 Å². The Morgan fingerprint density at radius 2 is 1.70 bits per heavy atom. The fourth-order valence-electron chi connectivity index (χ4n) is 1.45. The Labute approximate surface area is 115 Å². The summed E-state index contributed by atoms with van der Waals surface area (Å²) >= 11 is 0. The molecule has 0 atom stereocenters. The monoisotopic (exact) mass is 287 g/mol. The van der Waals surface area contributed by atoms with E-state index in [1.165, 1.54) is 12.1 Å². The van der Waals surface area contributed by atoms with Crippen LogP contribution in [0.15, 0.2) is 24.3 Å². The Bertz CT molecular complexity index is 478. The van der Waals surface area contributed by atoms with Crippen LogP contribution >= 0.6 is 0 Å². The molecule has 0 spiro atoms. The number of nitrogens with one attached hydrogen (secondary N) is 1. The summed E-state index contributed by atoms with van der Waals surface area (Å²) < 4.78 is 37.1. The number of alkyl halides is 3. The third-order valence-corrected chi connectivity index (χ3v) is 2.75. The molecule has 0 aliphatic rings. The molecule has 0 bridgehead atoms. The van der Waals surface area contributed by atoms with Crippen molar-refractivity contribution in [3.05, 3.63) is 35.4 Å². The van der Waals surface area contributed by atoms with Crippen molar-refractivity contribution in [3.8, 4) is 0 Å². The smallest absolute Gasteiger partial charge is 0.349 e. The van der Waals surface area contributed by atoms with E-state index in [0.29, 0.717) is 5.56 Å². The van der Waals surface area contributed by atoms with E-state index in [-0.39, 0.29) is 24.7 Å². The van der Waals surface area contributed by atoms with Gasteiger partial charge in [0.25, 0.3) is 0 Å². The molecule has 0 aliphatic carbocycles. The molecule has 6 heteroatoms. The number of halogens is 3. The number of rotatable bonds is 5. The Morgan fingerprint density at radius 1 is 1.15 bits per heavy atom.